The smallest absolute Gasteiger partial charge is 0.343 e. The minimum Gasteiger partial charge on any atom is -0.383 e. The summed E-state index contributed by atoms with van der Waals surface area (Å²) in [6.45, 7) is 1.58. The lowest BCUT2D eigenvalue weighted by atomic mass is 10.4. The summed E-state index contributed by atoms with van der Waals surface area (Å²) < 4.78 is 7.92. The molecule has 0 spiro atoms. The quantitative estimate of drug-likeness (QED) is 0.629. The highest BCUT2D eigenvalue weighted by molar-refractivity contribution is 5.90. The lowest BCUT2D eigenvalue weighted by molar-refractivity contribution is 0.0943. The van der Waals surface area contributed by atoms with Crippen LogP contribution >= 0.6 is 0 Å². The average molecular weight is 295 g/mol. The van der Waals surface area contributed by atoms with E-state index in [0.717, 1.165) is 10.5 Å². The van der Waals surface area contributed by atoms with Crippen LogP contribution in [0.2, 0.25) is 0 Å². The molecule has 0 fully saturated rings. The largest absolute Gasteiger partial charge is 0.383 e. The number of nitrogens with zero attached hydrogens (tertiary/aromatic N) is 5. The number of aromatic amines is 1. The van der Waals surface area contributed by atoms with Crippen LogP contribution in [-0.2, 0) is 24.8 Å². The monoisotopic (exact) mass is 295 g/mol. The second-order valence-electron chi connectivity index (χ2n) is 4.34. The molecule has 1 amide bonds. The number of carbonyl (C=O) groups excluding carboxylic acids is 1. The molecule has 21 heavy (non-hydrogen) atoms. The predicted molar refractivity (Wildman–Crippen MR) is 71.8 cm³/mol. The molecule has 0 radical (unpaired) electrons. The summed E-state index contributed by atoms with van der Waals surface area (Å²) in [4.78, 5) is 25.3. The van der Waals surface area contributed by atoms with Crippen LogP contribution in [0.25, 0.3) is 0 Å². The van der Waals surface area contributed by atoms with E-state index in [1.165, 1.54) is 7.05 Å². The van der Waals surface area contributed by atoms with Crippen LogP contribution in [0, 0.1) is 0 Å². The van der Waals surface area contributed by atoms with Gasteiger partial charge >= 0.3 is 5.69 Å². The molecule has 0 saturated carbocycles. The van der Waals surface area contributed by atoms with E-state index >= 15 is 0 Å². The zero-order valence-electron chi connectivity index (χ0n) is 11.9. The zero-order valence-corrected chi connectivity index (χ0v) is 11.9. The summed E-state index contributed by atoms with van der Waals surface area (Å²) in [6, 6.07) is 0. The van der Waals surface area contributed by atoms with E-state index < -0.39 is 11.6 Å². The molecule has 10 heteroatoms. The molecule has 2 heterocycles. The van der Waals surface area contributed by atoms with Crippen LogP contribution in [-0.4, -0.2) is 55.7 Å². The molecular weight excluding hydrogens is 278 g/mol. The lowest BCUT2D eigenvalue weighted by Gasteiger charge is -2.06. The van der Waals surface area contributed by atoms with Crippen LogP contribution in [0.1, 0.15) is 16.4 Å². The van der Waals surface area contributed by atoms with Gasteiger partial charge in [-0.15, -0.1) is 15.3 Å². The number of methoxy groups -OCH3 is 1. The van der Waals surface area contributed by atoms with Crippen molar-refractivity contribution >= 4 is 5.91 Å². The maximum atomic E-state index is 11.8. The van der Waals surface area contributed by atoms with Crippen molar-refractivity contribution in [3.05, 3.63) is 28.5 Å². The summed E-state index contributed by atoms with van der Waals surface area (Å²) in [5.41, 5.74) is -0.431. The Bertz CT molecular complexity index is 657. The first-order valence-corrected chi connectivity index (χ1v) is 6.39. The molecule has 0 aliphatic heterocycles. The number of H-pyrrole nitrogens is 1. The van der Waals surface area contributed by atoms with Gasteiger partial charge in [-0.05, 0) is 0 Å². The first kappa shape index (κ1) is 14.9. The van der Waals surface area contributed by atoms with Gasteiger partial charge in [-0.2, -0.15) is 0 Å². The molecule has 2 aromatic heterocycles. The first-order chi connectivity index (χ1) is 10.1. The van der Waals surface area contributed by atoms with E-state index in [-0.39, 0.29) is 5.82 Å². The van der Waals surface area contributed by atoms with Gasteiger partial charge in [0.05, 0.1) is 6.61 Å². The van der Waals surface area contributed by atoms with E-state index in [1.807, 2.05) is 4.57 Å². The van der Waals surface area contributed by atoms with E-state index in [1.54, 1.807) is 13.4 Å². The van der Waals surface area contributed by atoms with Gasteiger partial charge in [0, 0.05) is 33.7 Å². The van der Waals surface area contributed by atoms with Gasteiger partial charge in [0.2, 0.25) is 5.82 Å². The molecule has 2 aromatic rings. The molecule has 0 saturated heterocycles. The highest BCUT2D eigenvalue weighted by atomic mass is 16.5. The first-order valence-electron chi connectivity index (χ1n) is 6.39. The second kappa shape index (κ2) is 6.79. The molecule has 0 aliphatic carbocycles. The van der Waals surface area contributed by atoms with Gasteiger partial charge in [-0.25, -0.2) is 9.48 Å². The van der Waals surface area contributed by atoms with Crippen LogP contribution in [0.5, 0.6) is 0 Å². The molecule has 0 bridgehead atoms. The summed E-state index contributed by atoms with van der Waals surface area (Å²) in [7, 11) is 3.09. The van der Waals surface area contributed by atoms with Gasteiger partial charge in [-0.3, -0.25) is 9.78 Å². The lowest BCUT2D eigenvalue weighted by Crippen LogP contribution is -2.28. The van der Waals surface area contributed by atoms with Crippen molar-refractivity contribution in [1.82, 2.24) is 34.8 Å². The Morgan fingerprint density at radius 1 is 1.52 bits per heavy atom. The molecule has 0 unspecified atom stereocenters. The van der Waals surface area contributed by atoms with Crippen LogP contribution < -0.4 is 11.0 Å². The Kier molecular flexibility index (Phi) is 4.82. The molecule has 114 valence electrons. The molecule has 2 rings (SSSR count). The maximum absolute atomic E-state index is 11.8. The van der Waals surface area contributed by atoms with Crippen molar-refractivity contribution in [2.45, 2.75) is 13.0 Å². The van der Waals surface area contributed by atoms with Crippen molar-refractivity contribution in [2.24, 2.45) is 7.05 Å². The fraction of sp³-hybridized carbons (Fsp3) is 0.545. The van der Waals surface area contributed by atoms with Gasteiger partial charge in [0.25, 0.3) is 5.91 Å². The van der Waals surface area contributed by atoms with Crippen LogP contribution in [0.3, 0.4) is 0 Å². The number of rotatable bonds is 7. The average Bonchev–Trinajstić information content (AvgIpc) is 3.04. The van der Waals surface area contributed by atoms with Crippen molar-refractivity contribution in [2.75, 3.05) is 20.3 Å². The number of aryl methyl sites for hydroxylation is 1. The highest BCUT2D eigenvalue weighted by Gasteiger charge is 2.12. The highest BCUT2D eigenvalue weighted by Crippen LogP contribution is 1.96. The molecule has 0 aromatic carbocycles. The SMILES string of the molecule is COCCn1cnnc1CCNC(=O)c1nn(C)c(=O)[nH]1. The molecule has 2 N–H and O–H groups in total. The van der Waals surface area contributed by atoms with Crippen molar-refractivity contribution in [3.63, 3.8) is 0 Å². The van der Waals surface area contributed by atoms with Crippen LogP contribution in [0.4, 0.5) is 0 Å². The minimum absolute atomic E-state index is 0.0108. The van der Waals surface area contributed by atoms with E-state index in [2.05, 4.69) is 25.6 Å². The van der Waals surface area contributed by atoms with Crippen molar-refractivity contribution in [3.8, 4) is 0 Å². The minimum atomic E-state index is -0.435. The van der Waals surface area contributed by atoms with Gasteiger partial charge < -0.3 is 14.6 Å². The number of hydrogen-bond acceptors (Lipinski definition) is 6. The predicted octanol–water partition coefficient (Wildman–Crippen LogP) is -1.68. The van der Waals surface area contributed by atoms with E-state index in [9.17, 15) is 9.59 Å². The Morgan fingerprint density at radius 2 is 2.33 bits per heavy atom. The van der Waals surface area contributed by atoms with Crippen molar-refractivity contribution in [1.29, 1.82) is 0 Å². The Hall–Kier alpha value is -2.49. The number of nitrogens with one attached hydrogen (secondary N) is 2. The van der Waals surface area contributed by atoms with Crippen molar-refractivity contribution < 1.29 is 9.53 Å². The van der Waals surface area contributed by atoms with Gasteiger partial charge in [0.1, 0.15) is 12.2 Å². The third-order valence-electron chi connectivity index (χ3n) is 2.85. The number of hydrogen-bond donors (Lipinski definition) is 2. The topological polar surface area (TPSA) is 120 Å². The third kappa shape index (κ3) is 3.75. The second-order valence-corrected chi connectivity index (χ2v) is 4.34. The summed E-state index contributed by atoms with van der Waals surface area (Å²) >= 11 is 0. The number of amides is 1. The number of carbonyl (C=O) groups is 1. The van der Waals surface area contributed by atoms with Crippen LogP contribution in [0.15, 0.2) is 11.1 Å². The molecule has 0 atom stereocenters. The number of aromatic nitrogens is 6. The summed E-state index contributed by atoms with van der Waals surface area (Å²) in [5, 5.41) is 14.2. The molecule has 0 aliphatic rings. The fourth-order valence-corrected chi connectivity index (χ4v) is 1.73. The Balaban J connectivity index is 1.85. The zero-order chi connectivity index (χ0) is 15.2. The van der Waals surface area contributed by atoms with Gasteiger partial charge in [-0.1, -0.05) is 0 Å². The van der Waals surface area contributed by atoms with E-state index in [4.69, 9.17) is 4.74 Å². The Morgan fingerprint density at radius 3 is 3.00 bits per heavy atom. The standard InChI is InChI=1S/C11H17N7O3/c1-17-11(20)14-9(16-17)10(19)12-4-3-8-15-13-7-18(8)5-6-21-2/h7H,3-6H2,1-2H3,(H,12,19)(H,14,16,20). The Labute approximate surface area is 120 Å². The third-order valence-corrected chi connectivity index (χ3v) is 2.85. The normalized spacial score (nSPS) is 10.8. The summed E-state index contributed by atoms with van der Waals surface area (Å²) in [5.74, 6) is 0.306. The maximum Gasteiger partial charge on any atom is 0.343 e. The molecular formula is C11H17N7O3. The van der Waals surface area contributed by atoms with E-state index in [0.29, 0.717) is 26.1 Å². The summed E-state index contributed by atoms with van der Waals surface area (Å²) in [6.07, 6.45) is 2.14. The van der Waals surface area contributed by atoms with Gasteiger partial charge in [0.15, 0.2) is 0 Å². The molecule has 10 nitrogen and oxygen atoms in total. The fourth-order valence-electron chi connectivity index (χ4n) is 1.73. The number of ether oxygens (including phenoxy) is 1.